The summed E-state index contributed by atoms with van der Waals surface area (Å²) >= 11 is 1.24. The van der Waals surface area contributed by atoms with Gasteiger partial charge in [-0.2, -0.15) is 0 Å². The number of primary amides is 1. The van der Waals surface area contributed by atoms with Crippen LogP contribution in [-0.2, 0) is 23.1 Å². The van der Waals surface area contributed by atoms with Crippen molar-refractivity contribution in [2.45, 2.75) is 31.8 Å². The summed E-state index contributed by atoms with van der Waals surface area (Å²) in [5.41, 5.74) is 6.25. The Bertz CT molecular complexity index is 879. The maximum atomic E-state index is 12.5. The summed E-state index contributed by atoms with van der Waals surface area (Å²) in [6, 6.07) is 6.89. The molecule has 1 aromatic carbocycles. The summed E-state index contributed by atoms with van der Waals surface area (Å²) in [5.74, 6) is 0.0838. The van der Waals surface area contributed by atoms with E-state index in [2.05, 4.69) is 15.5 Å². The van der Waals surface area contributed by atoms with Crippen molar-refractivity contribution in [2.24, 2.45) is 12.8 Å². The first-order chi connectivity index (χ1) is 13.8. The minimum Gasteiger partial charge on any atom is -0.370 e. The van der Waals surface area contributed by atoms with Gasteiger partial charge in [0.15, 0.2) is 5.16 Å². The molecule has 3 amide bonds. The van der Waals surface area contributed by atoms with Gasteiger partial charge in [-0.05, 0) is 32.0 Å². The largest absolute Gasteiger partial charge is 0.370 e. The molecule has 3 N–H and O–H groups in total. The lowest BCUT2D eigenvalue weighted by molar-refractivity contribution is -0.118. The SMILES string of the molecule is CCN(CC)C(=O)c1cccc(NC(=O)CSc2nnc(CCC(N)=O)n2C)c1. The van der Waals surface area contributed by atoms with Crippen molar-refractivity contribution in [3.63, 3.8) is 0 Å². The number of carbonyl (C=O) groups is 3. The zero-order valence-electron chi connectivity index (χ0n) is 16.8. The van der Waals surface area contributed by atoms with Crippen LogP contribution in [0.1, 0.15) is 36.5 Å². The highest BCUT2D eigenvalue weighted by Crippen LogP contribution is 2.18. The van der Waals surface area contributed by atoms with Crippen LogP contribution >= 0.6 is 11.8 Å². The summed E-state index contributed by atoms with van der Waals surface area (Å²) in [7, 11) is 1.78. The van der Waals surface area contributed by atoms with E-state index in [0.29, 0.717) is 41.7 Å². The van der Waals surface area contributed by atoms with Crippen LogP contribution in [0.15, 0.2) is 29.4 Å². The average Bonchev–Trinajstić information content (AvgIpc) is 3.05. The molecule has 0 radical (unpaired) electrons. The summed E-state index contributed by atoms with van der Waals surface area (Å²) in [4.78, 5) is 37.4. The number of nitrogens with zero attached hydrogens (tertiary/aromatic N) is 4. The van der Waals surface area contributed by atoms with E-state index in [0.717, 1.165) is 0 Å². The quantitative estimate of drug-likeness (QED) is 0.563. The summed E-state index contributed by atoms with van der Waals surface area (Å²) in [6.45, 7) is 5.11. The standard InChI is InChI=1S/C19H26N6O3S/c1-4-25(5-2)18(28)13-7-6-8-14(11-13)21-17(27)12-29-19-23-22-16(24(19)3)10-9-15(20)26/h6-8,11H,4-5,9-10,12H2,1-3H3,(H2,20,26)(H,21,27). The van der Waals surface area contributed by atoms with Gasteiger partial charge in [0, 0.05) is 44.2 Å². The first kappa shape index (κ1) is 22.4. The fourth-order valence-electron chi connectivity index (χ4n) is 2.67. The molecule has 0 spiro atoms. The molecule has 1 aromatic heterocycles. The Morgan fingerprint density at radius 3 is 2.59 bits per heavy atom. The summed E-state index contributed by atoms with van der Waals surface area (Å²) in [6.07, 6.45) is 0.596. The molecule has 2 rings (SSSR count). The van der Waals surface area contributed by atoms with Crippen LogP contribution in [-0.4, -0.2) is 56.2 Å². The van der Waals surface area contributed by atoms with Crippen LogP contribution in [0.5, 0.6) is 0 Å². The van der Waals surface area contributed by atoms with E-state index in [-0.39, 0.29) is 24.0 Å². The van der Waals surface area contributed by atoms with Gasteiger partial charge in [-0.3, -0.25) is 14.4 Å². The minimum atomic E-state index is -0.400. The van der Waals surface area contributed by atoms with E-state index in [9.17, 15) is 14.4 Å². The molecule has 10 heteroatoms. The maximum absolute atomic E-state index is 12.5. The third-order valence-electron chi connectivity index (χ3n) is 4.30. The first-order valence-corrected chi connectivity index (χ1v) is 10.3. The number of aromatic nitrogens is 3. The van der Waals surface area contributed by atoms with E-state index >= 15 is 0 Å². The number of anilines is 1. The predicted octanol–water partition coefficient (Wildman–Crippen LogP) is 1.45. The fraction of sp³-hybridized carbons (Fsp3) is 0.421. The van der Waals surface area contributed by atoms with Crippen molar-refractivity contribution in [3.8, 4) is 0 Å². The minimum absolute atomic E-state index is 0.0666. The molecule has 0 saturated carbocycles. The monoisotopic (exact) mass is 418 g/mol. The summed E-state index contributed by atoms with van der Waals surface area (Å²) < 4.78 is 1.74. The summed E-state index contributed by atoms with van der Waals surface area (Å²) in [5, 5.41) is 11.4. The highest BCUT2D eigenvalue weighted by molar-refractivity contribution is 7.99. The number of hydrogen-bond acceptors (Lipinski definition) is 6. The highest BCUT2D eigenvalue weighted by atomic mass is 32.2. The second-order valence-corrected chi connectivity index (χ2v) is 7.26. The molecule has 29 heavy (non-hydrogen) atoms. The molecule has 156 valence electrons. The van der Waals surface area contributed by atoms with Crippen molar-refractivity contribution < 1.29 is 14.4 Å². The molecule has 1 heterocycles. The van der Waals surface area contributed by atoms with Crippen molar-refractivity contribution in [2.75, 3.05) is 24.2 Å². The number of thioether (sulfide) groups is 1. The van der Waals surface area contributed by atoms with Crippen molar-refractivity contribution in [1.82, 2.24) is 19.7 Å². The molecule has 0 fully saturated rings. The third-order valence-corrected chi connectivity index (χ3v) is 5.32. The molecule has 9 nitrogen and oxygen atoms in total. The molecule has 0 aliphatic heterocycles. The number of hydrogen-bond donors (Lipinski definition) is 2. The van der Waals surface area contributed by atoms with Crippen LogP contribution in [0.3, 0.4) is 0 Å². The van der Waals surface area contributed by atoms with E-state index in [1.54, 1.807) is 40.8 Å². The average molecular weight is 419 g/mol. The van der Waals surface area contributed by atoms with Crippen LogP contribution in [0.25, 0.3) is 0 Å². The fourth-order valence-corrected chi connectivity index (χ4v) is 3.40. The van der Waals surface area contributed by atoms with Gasteiger partial charge < -0.3 is 20.5 Å². The highest BCUT2D eigenvalue weighted by Gasteiger charge is 2.15. The third kappa shape index (κ3) is 6.31. The van der Waals surface area contributed by atoms with Gasteiger partial charge in [-0.1, -0.05) is 17.8 Å². The molecular formula is C19H26N6O3S. The van der Waals surface area contributed by atoms with Crippen LogP contribution in [0, 0.1) is 0 Å². The van der Waals surface area contributed by atoms with Gasteiger partial charge in [0.25, 0.3) is 5.91 Å². The van der Waals surface area contributed by atoms with Crippen LogP contribution < -0.4 is 11.1 Å². The maximum Gasteiger partial charge on any atom is 0.253 e. The topological polar surface area (TPSA) is 123 Å². The van der Waals surface area contributed by atoms with Crippen LogP contribution in [0.4, 0.5) is 5.69 Å². The van der Waals surface area contributed by atoms with Gasteiger partial charge in [0.05, 0.1) is 5.75 Å². The number of carbonyl (C=O) groups excluding carboxylic acids is 3. The zero-order valence-corrected chi connectivity index (χ0v) is 17.7. The van der Waals surface area contributed by atoms with Gasteiger partial charge in [-0.15, -0.1) is 10.2 Å². The van der Waals surface area contributed by atoms with Crippen molar-refractivity contribution in [3.05, 3.63) is 35.7 Å². The van der Waals surface area contributed by atoms with E-state index in [1.807, 2.05) is 13.8 Å². The Labute approximate surface area is 174 Å². The van der Waals surface area contributed by atoms with Gasteiger partial charge in [0.2, 0.25) is 11.8 Å². The normalized spacial score (nSPS) is 10.6. The Kier molecular flexibility index (Phi) is 8.20. The second kappa shape index (κ2) is 10.6. The number of nitrogens with two attached hydrogens (primary N) is 1. The first-order valence-electron chi connectivity index (χ1n) is 9.34. The molecule has 0 saturated heterocycles. The molecule has 0 aliphatic rings. The predicted molar refractivity (Wildman–Crippen MR) is 112 cm³/mol. The zero-order chi connectivity index (χ0) is 21.4. The second-order valence-electron chi connectivity index (χ2n) is 6.32. The van der Waals surface area contributed by atoms with Gasteiger partial charge in [-0.25, -0.2) is 0 Å². The molecule has 0 aliphatic carbocycles. The molecule has 2 aromatic rings. The number of rotatable bonds is 10. The van der Waals surface area contributed by atoms with Crippen molar-refractivity contribution >= 4 is 35.2 Å². The van der Waals surface area contributed by atoms with Crippen molar-refractivity contribution in [1.29, 1.82) is 0 Å². The number of nitrogens with one attached hydrogen (secondary N) is 1. The van der Waals surface area contributed by atoms with E-state index < -0.39 is 5.91 Å². The number of aryl methyl sites for hydroxylation is 1. The smallest absolute Gasteiger partial charge is 0.253 e. The molecule has 0 unspecified atom stereocenters. The lowest BCUT2D eigenvalue weighted by atomic mass is 10.1. The Morgan fingerprint density at radius 2 is 1.93 bits per heavy atom. The van der Waals surface area contributed by atoms with Crippen LogP contribution in [0.2, 0.25) is 0 Å². The lowest BCUT2D eigenvalue weighted by Gasteiger charge is -2.19. The van der Waals surface area contributed by atoms with Gasteiger partial charge >= 0.3 is 0 Å². The molecular weight excluding hydrogens is 392 g/mol. The Morgan fingerprint density at radius 1 is 1.21 bits per heavy atom. The molecule has 0 atom stereocenters. The van der Waals surface area contributed by atoms with E-state index in [1.165, 1.54) is 11.8 Å². The Balaban J connectivity index is 1.94. The number of amides is 3. The Hall–Kier alpha value is -2.88. The molecule has 0 bridgehead atoms. The van der Waals surface area contributed by atoms with E-state index in [4.69, 9.17) is 5.73 Å². The number of benzene rings is 1. The lowest BCUT2D eigenvalue weighted by Crippen LogP contribution is -2.30. The van der Waals surface area contributed by atoms with Gasteiger partial charge in [0.1, 0.15) is 5.82 Å².